The van der Waals surface area contributed by atoms with Gasteiger partial charge in [-0.1, -0.05) is 6.07 Å². The Morgan fingerprint density at radius 2 is 2.17 bits per heavy atom. The number of imidazole rings is 1. The summed E-state index contributed by atoms with van der Waals surface area (Å²) in [5.41, 5.74) is -0.850. The zero-order valence-electron chi connectivity index (χ0n) is 8.88. The van der Waals surface area contributed by atoms with E-state index in [2.05, 4.69) is 9.97 Å². The van der Waals surface area contributed by atoms with Crippen molar-refractivity contribution in [1.29, 1.82) is 0 Å². The van der Waals surface area contributed by atoms with Crippen molar-refractivity contribution in [3.05, 3.63) is 29.6 Å². The third kappa shape index (κ3) is 2.36. The highest BCUT2D eigenvalue weighted by atomic mass is 19.4. The molecule has 0 unspecified atom stereocenters. The monoisotopic (exact) mass is 259 g/mol. The minimum Gasteiger partial charge on any atom is -0.465 e. The first-order chi connectivity index (χ1) is 8.38. The normalized spacial score (nSPS) is 11.7. The lowest BCUT2D eigenvalue weighted by Crippen LogP contribution is -2.20. The number of halogens is 3. The van der Waals surface area contributed by atoms with Crippen LogP contribution in [-0.4, -0.2) is 21.2 Å². The van der Waals surface area contributed by atoms with Crippen molar-refractivity contribution < 1.29 is 23.1 Å². The minimum atomic E-state index is -4.49. The molecule has 1 amide bonds. The highest BCUT2D eigenvalue weighted by molar-refractivity contribution is 5.79. The van der Waals surface area contributed by atoms with Crippen LogP contribution < -0.4 is 5.32 Å². The largest absolute Gasteiger partial charge is 0.465 e. The number of nitrogens with zero attached hydrogens (tertiary/aromatic N) is 1. The Labute approximate surface area is 98.6 Å². The number of alkyl halides is 3. The van der Waals surface area contributed by atoms with Gasteiger partial charge in [0.15, 0.2) is 0 Å². The van der Waals surface area contributed by atoms with E-state index in [1.807, 2.05) is 5.32 Å². The molecular weight excluding hydrogens is 251 g/mol. The van der Waals surface area contributed by atoms with Gasteiger partial charge in [0.2, 0.25) is 0 Å². The fourth-order valence-electron chi connectivity index (χ4n) is 1.56. The van der Waals surface area contributed by atoms with Gasteiger partial charge in [-0.3, -0.25) is 0 Å². The number of amides is 1. The van der Waals surface area contributed by atoms with Crippen LogP contribution in [0.4, 0.5) is 18.0 Å². The van der Waals surface area contributed by atoms with E-state index < -0.39 is 17.8 Å². The molecule has 8 heteroatoms. The molecule has 2 rings (SSSR count). The average molecular weight is 259 g/mol. The van der Waals surface area contributed by atoms with E-state index in [9.17, 15) is 18.0 Å². The second-order valence-corrected chi connectivity index (χ2v) is 3.54. The van der Waals surface area contributed by atoms with Gasteiger partial charge in [-0.05, 0) is 12.1 Å². The van der Waals surface area contributed by atoms with Crippen LogP contribution in [0, 0.1) is 0 Å². The van der Waals surface area contributed by atoms with Gasteiger partial charge in [-0.15, -0.1) is 0 Å². The van der Waals surface area contributed by atoms with E-state index in [0.29, 0.717) is 0 Å². The molecule has 1 heterocycles. The first kappa shape index (κ1) is 12.2. The number of H-pyrrole nitrogens is 1. The highest BCUT2D eigenvalue weighted by Crippen LogP contribution is 2.33. The predicted octanol–water partition coefficient (Wildman–Crippen LogP) is 2.35. The van der Waals surface area contributed by atoms with Gasteiger partial charge in [0.25, 0.3) is 0 Å². The van der Waals surface area contributed by atoms with Crippen molar-refractivity contribution in [1.82, 2.24) is 15.3 Å². The van der Waals surface area contributed by atoms with E-state index >= 15 is 0 Å². The molecule has 1 aromatic carbocycles. The number of benzene rings is 1. The molecule has 0 spiro atoms. The van der Waals surface area contributed by atoms with Crippen molar-refractivity contribution in [2.75, 3.05) is 0 Å². The summed E-state index contributed by atoms with van der Waals surface area (Å²) < 4.78 is 38.0. The Morgan fingerprint density at radius 1 is 1.44 bits per heavy atom. The Morgan fingerprint density at radius 3 is 2.78 bits per heavy atom. The van der Waals surface area contributed by atoms with Gasteiger partial charge >= 0.3 is 12.3 Å². The molecule has 1 aromatic heterocycles. The Hall–Kier alpha value is -2.25. The lowest BCUT2D eigenvalue weighted by atomic mass is 10.2. The van der Waals surface area contributed by atoms with Crippen LogP contribution >= 0.6 is 0 Å². The summed E-state index contributed by atoms with van der Waals surface area (Å²) >= 11 is 0. The molecular formula is C10H8F3N3O2. The number of carbonyl (C=O) groups is 1. The molecule has 3 N–H and O–H groups in total. The maximum absolute atomic E-state index is 12.7. The summed E-state index contributed by atoms with van der Waals surface area (Å²) in [4.78, 5) is 16.7. The van der Waals surface area contributed by atoms with Gasteiger partial charge in [0.1, 0.15) is 11.3 Å². The maximum Gasteiger partial charge on any atom is 0.418 e. The molecule has 96 valence electrons. The molecule has 2 aromatic rings. The fourth-order valence-corrected chi connectivity index (χ4v) is 1.56. The zero-order chi connectivity index (χ0) is 13.3. The third-order valence-corrected chi connectivity index (χ3v) is 2.27. The summed E-state index contributed by atoms with van der Waals surface area (Å²) in [7, 11) is 0. The summed E-state index contributed by atoms with van der Waals surface area (Å²) in [6, 6.07) is 3.64. The van der Waals surface area contributed by atoms with E-state index in [0.717, 1.165) is 6.07 Å². The van der Waals surface area contributed by atoms with Crippen molar-refractivity contribution >= 4 is 17.1 Å². The number of hydrogen-bond acceptors (Lipinski definition) is 2. The lowest BCUT2D eigenvalue weighted by Gasteiger charge is -2.05. The summed E-state index contributed by atoms with van der Waals surface area (Å²) in [6.07, 6.45) is -5.77. The van der Waals surface area contributed by atoms with Crippen LogP contribution in [0.25, 0.3) is 11.0 Å². The zero-order valence-corrected chi connectivity index (χ0v) is 8.88. The number of para-hydroxylation sites is 1. The number of aromatic amines is 1. The number of aromatic nitrogens is 2. The molecule has 0 aliphatic carbocycles. The summed E-state index contributed by atoms with van der Waals surface area (Å²) in [6.45, 7) is -0.179. The topological polar surface area (TPSA) is 78.0 Å². The second kappa shape index (κ2) is 4.21. The van der Waals surface area contributed by atoms with Crippen molar-refractivity contribution in [3.8, 4) is 0 Å². The smallest absolute Gasteiger partial charge is 0.418 e. The van der Waals surface area contributed by atoms with E-state index in [-0.39, 0.29) is 23.4 Å². The van der Waals surface area contributed by atoms with E-state index in [4.69, 9.17) is 5.11 Å². The summed E-state index contributed by atoms with van der Waals surface area (Å²) in [5.74, 6) is 0.129. The number of nitrogens with one attached hydrogen (secondary N) is 2. The molecule has 0 bridgehead atoms. The first-order valence-electron chi connectivity index (χ1n) is 4.89. The molecule has 0 radical (unpaired) electrons. The quantitative estimate of drug-likeness (QED) is 0.774. The van der Waals surface area contributed by atoms with Crippen LogP contribution in [-0.2, 0) is 12.7 Å². The summed E-state index contributed by atoms with van der Waals surface area (Å²) in [5, 5.41) is 10.4. The Bertz CT molecular complexity index is 592. The predicted molar refractivity (Wildman–Crippen MR) is 56.0 cm³/mol. The van der Waals surface area contributed by atoms with Crippen LogP contribution in [0.15, 0.2) is 18.2 Å². The highest BCUT2D eigenvalue weighted by Gasteiger charge is 2.33. The van der Waals surface area contributed by atoms with Crippen LogP contribution in [0.3, 0.4) is 0 Å². The third-order valence-electron chi connectivity index (χ3n) is 2.27. The van der Waals surface area contributed by atoms with Gasteiger partial charge in [0, 0.05) is 0 Å². The maximum atomic E-state index is 12.7. The van der Waals surface area contributed by atoms with Crippen molar-refractivity contribution in [2.24, 2.45) is 0 Å². The Kier molecular flexibility index (Phi) is 2.85. The molecule has 0 atom stereocenters. The molecule has 0 saturated heterocycles. The van der Waals surface area contributed by atoms with Gasteiger partial charge in [0.05, 0.1) is 17.6 Å². The fraction of sp³-hybridized carbons (Fsp3) is 0.200. The number of rotatable bonds is 2. The number of carboxylic acid groups (broad SMARTS) is 1. The number of fused-ring (bicyclic) bond motifs is 1. The number of hydrogen-bond donors (Lipinski definition) is 3. The molecule has 5 nitrogen and oxygen atoms in total. The van der Waals surface area contributed by atoms with Crippen LogP contribution in [0.1, 0.15) is 11.4 Å². The minimum absolute atomic E-state index is 0.129. The standard InChI is InChI=1S/C10H8F3N3O2/c11-10(12,13)5-2-1-3-6-8(5)16-7(15-6)4-14-9(17)18/h1-3,14H,4H2,(H,15,16)(H,17,18). The van der Waals surface area contributed by atoms with Crippen LogP contribution in [0.5, 0.6) is 0 Å². The van der Waals surface area contributed by atoms with Crippen molar-refractivity contribution in [2.45, 2.75) is 12.7 Å². The Balaban J connectivity index is 2.42. The molecule has 0 saturated carbocycles. The van der Waals surface area contributed by atoms with Crippen LogP contribution in [0.2, 0.25) is 0 Å². The average Bonchev–Trinajstić information content (AvgIpc) is 2.66. The molecule has 0 aliphatic rings. The lowest BCUT2D eigenvalue weighted by molar-refractivity contribution is -0.136. The van der Waals surface area contributed by atoms with E-state index in [1.165, 1.54) is 12.1 Å². The van der Waals surface area contributed by atoms with Crippen molar-refractivity contribution in [3.63, 3.8) is 0 Å². The van der Waals surface area contributed by atoms with E-state index in [1.54, 1.807) is 0 Å². The van der Waals surface area contributed by atoms with Gasteiger partial charge in [-0.25, -0.2) is 9.78 Å². The molecule has 0 aliphatic heterocycles. The molecule has 0 fully saturated rings. The second-order valence-electron chi connectivity index (χ2n) is 3.54. The SMILES string of the molecule is O=C(O)NCc1nc2c(C(F)(F)F)cccc2[nH]1. The molecule has 18 heavy (non-hydrogen) atoms. The van der Waals surface area contributed by atoms with Gasteiger partial charge < -0.3 is 15.4 Å². The van der Waals surface area contributed by atoms with Gasteiger partial charge in [-0.2, -0.15) is 13.2 Å². The first-order valence-corrected chi connectivity index (χ1v) is 4.89.